The standard InChI is InChI=1S/C37H42ClN3O4S/c1-6-28(4)39-37(43)35(23-30-11-8-7-9-12-30)40(24-31-19-15-26(2)16-20-31)36(42)25-41(34-14-10-13-33(38)29(34)5)46(44,45)32-21-17-27(3)18-22-32/h7-22,28,35H,6,23-25H2,1-5H3,(H,39,43)/t28-,35+/m1/s1. The van der Waals surface area contributed by atoms with Gasteiger partial charge in [-0.2, -0.15) is 0 Å². The lowest BCUT2D eigenvalue weighted by atomic mass is 10.0. The van der Waals surface area contributed by atoms with Crippen LogP contribution in [0.25, 0.3) is 0 Å². The lowest BCUT2D eigenvalue weighted by molar-refractivity contribution is -0.140. The van der Waals surface area contributed by atoms with Gasteiger partial charge in [0.1, 0.15) is 12.6 Å². The van der Waals surface area contributed by atoms with Crippen LogP contribution in [0.3, 0.4) is 0 Å². The molecule has 0 unspecified atom stereocenters. The number of halogens is 1. The predicted molar refractivity (Wildman–Crippen MR) is 185 cm³/mol. The maximum Gasteiger partial charge on any atom is 0.264 e. The molecule has 2 amide bonds. The molecule has 0 heterocycles. The minimum Gasteiger partial charge on any atom is -0.352 e. The summed E-state index contributed by atoms with van der Waals surface area (Å²) in [6.45, 7) is 9.05. The van der Waals surface area contributed by atoms with Crippen molar-refractivity contribution in [1.29, 1.82) is 0 Å². The number of anilines is 1. The van der Waals surface area contributed by atoms with E-state index in [0.717, 1.165) is 26.6 Å². The molecular weight excluding hydrogens is 618 g/mol. The van der Waals surface area contributed by atoms with Crippen LogP contribution in [0.2, 0.25) is 5.02 Å². The van der Waals surface area contributed by atoms with Gasteiger partial charge in [-0.25, -0.2) is 8.42 Å². The molecule has 9 heteroatoms. The number of hydrogen-bond donors (Lipinski definition) is 1. The Kier molecular flexibility index (Phi) is 11.7. The van der Waals surface area contributed by atoms with E-state index in [4.69, 9.17) is 11.6 Å². The molecule has 46 heavy (non-hydrogen) atoms. The quantitative estimate of drug-likeness (QED) is 0.167. The van der Waals surface area contributed by atoms with E-state index in [0.29, 0.717) is 22.7 Å². The highest BCUT2D eigenvalue weighted by Crippen LogP contribution is 2.31. The molecule has 2 atom stereocenters. The summed E-state index contributed by atoms with van der Waals surface area (Å²) in [4.78, 5) is 30.1. The van der Waals surface area contributed by atoms with Gasteiger partial charge in [0.15, 0.2) is 0 Å². The van der Waals surface area contributed by atoms with E-state index in [-0.39, 0.29) is 29.8 Å². The van der Waals surface area contributed by atoms with Crippen molar-refractivity contribution < 1.29 is 18.0 Å². The van der Waals surface area contributed by atoms with Crippen LogP contribution in [-0.4, -0.2) is 43.8 Å². The Bertz CT molecular complexity index is 1740. The lowest BCUT2D eigenvalue weighted by Gasteiger charge is -2.34. The van der Waals surface area contributed by atoms with Crippen molar-refractivity contribution in [3.05, 3.63) is 130 Å². The van der Waals surface area contributed by atoms with Gasteiger partial charge in [0.2, 0.25) is 11.8 Å². The van der Waals surface area contributed by atoms with Crippen molar-refractivity contribution in [2.24, 2.45) is 0 Å². The second kappa shape index (κ2) is 15.4. The maximum absolute atomic E-state index is 14.6. The number of carbonyl (C=O) groups excluding carboxylic acids is 2. The molecule has 0 aliphatic rings. The van der Waals surface area contributed by atoms with E-state index in [1.807, 2.05) is 82.3 Å². The van der Waals surface area contributed by atoms with Crippen LogP contribution in [0.15, 0.2) is 102 Å². The number of sulfonamides is 1. The third-order valence-corrected chi connectivity index (χ3v) is 10.3. The SMILES string of the molecule is CC[C@@H](C)NC(=O)[C@H](Cc1ccccc1)N(Cc1ccc(C)cc1)C(=O)CN(c1cccc(Cl)c1C)S(=O)(=O)c1ccc(C)cc1. The summed E-state index contributed by atoms with van der Waals surface area (Å²) in [5.74, 6) is -0.818. The van der Waals surface area contributed by atoms with Crippen molar-refractivity contribution in [2.45, 2.75) is 71.0 Å². The Balaban J connectivity index is 1.83. The van der Waals surface area contributed by atoms with Crippen molar-refractivity contribution in [1.82, 2.24) is 10.2 Å². The average Bonchev–Trinajstić information content (AvgIpc) is 3.04. The van der Waals surface area contributed by atoms with E-state index in [9.17, 15) is 18.0 Å². The molecule has 0 aromatic heterocycles. The first-order chi connectivity index (χ1) is 21.9. The van der Waals surface area contributed by atoms with Crippen LogP contribution in [0.1, 0.15) is 48.1 Å². The van der Waals surface area contributed by atoms with Gasteiger partial charge in [0.05, 0.1) is 10.6 Å². The maximum atomic E-state index is 14.6. The van der Waals surface area contributed by atoms with Crippen LogP contribution >= 0.6 is 11.6 Å². The van der Waals surface area contributed by atoms with Crippen LogP contribution in [0.5, 0.6) is 0 Å². The first-order valence-corrected chi connectivity index (χ1v) is 17.3. The normalized spacial score (nSPS) is 12.7. The smallest absolute Gasteiger partial charge is 0.264 e. The fraction of sp³-hybridized carbons (Fsp3) is 0.297. The topological polar surface area (TPSA) is 86.8 Å². The number of benzene rings is 4. The predicted octanol–water partition coefficient (Wildman–Crippen LogP) is 7.02. The monoisotopic (exact) mass is 659 g/mol. The molecule has 0 bridgehead atoms. The molecule has 4 aromatic carbocycles. The van der Waals surface area contributed by atoms with Crippen LogP contribution in [-0.2, 0) is 32.6 Å². The molecule has 1 N–H and O–H groups in total. The summed E-state index contributed by atoms with van der Waals surface area (Å²) >= 11 is 6.47. The van der Waals surface area contributed by atoms with Crippen LogP contribution in [0, 0.1) is 20.8 Å². The Labute approximate surface area is 278 Å². The zero-order valence-electron chi connectivity index (χ0n) is 27.0. The molecule has 7 nitrogen and oxygen atoms in total. The largest absolute Gasteiger partial charge is 0.352 e. The molecule has 0 saturated carbocycles. The Morgan fingerprint density at radius 2 is 1.41 bits per heavy atom. The number of hydrogen-bond acceptors (Lipinski definition) is 4. The van der Waals surface area contributed by atoms with Gasteiger partial charge >= 0.3 is 0 Å². The molecule has 0 saturated heterocycles. The van der Waals surface area contributed by atoms with Crippen molar-refractivity contribution >= 4 is 39.1 Å². The van der Waals surface area contributed by atoms with Gasteiger partial charge in [-0.15, -0.1) is 0 Å². The number of carbonyl (C=O) groups is 2. The highest BCUT2D eigenvalue weighted by Gasteiger charge is 2.35. The molecular formula is C37H42ClN3O4S. The van der Waals surface area contributed by atoms with E-state index >= 15 is 0 Å². The highest BCUT2D eigenvalue weighted by atomic mass is 35.5. The molecule has 0 spiro atoms. The number of amides is 2. The van der Waals surface area contributed by atoms with E-state index < -0.39 is 28.5 Å². The summed E-state index contributed by atoms with van der Waals surface area (Å²) in [6, 6.07) is 27.7. The molecule has 0 radical (unpaired) electrons. The third kappa shape index (κ3) is 8.56. The zero-order valence-corrected chi connectivity index (χ0v) is 28.6. The molecule has 0 fully saturated rings. The number of nitrogens with one attached hydrogen (secondary N) is 1. The van der Waals surface area contributed by atoms with Gasteiger partial charge in [0, 0.05) is 24.0 Å². The second-order valence-electron chi connectivity index (χ2n) is 11.7. The first-order valence-electron chi connectivity index (χ1n) is 15.4. The highest BCUT2D eigenvalue weighted by molar-refractivity contribution is 7.92. The van der Waals surface area contributed by atoms with Gasteiger partial charge in [0.25, 0.3) is 10.0 Å². The fourth-order valence-corrected chi connectivity index (χ4v) is 6.74. The van der Waals surface area contributed by atoms with Gasteiger partial charge in [-0.1, -0.05) is 102 Å². The minimum absolute atomic E-state index is 0.0470. The summed E-state index contributed by atoms with van der Waals surface area (Å²) in [7, 11) is -4.22. The van der Waals surface area contributed by atoms with Gasteiger partial charge in [-0.05, 0) is 75.1 Å². The summed E-state index contributed by atoms with van der Waals surface area (Å²) in [5.41, 5.74) is 4.47. The zero-order chi connectivity index (χ0) is 33.4. The lowest BCUT2D eigenvalue weighted by Crippen LogP contribution is -2.54. The summed E-state index contributed by atoms with van der Waals surface area (Å²) < 4.78 is 29.7. The molecule has 242 valence electrons. The van der Waals surface area contributed by atoms with Crippen LogP contribution < -0.4 is 9.62 Å². The molecule has 0 aliphatic heterocycles. The van der Waals surface area contributed by atoms with Crippen molar-refractivity contribution in [3.8, 4) is 0 Å². The first kappa shape index (κ1) is 34.7. The molecule has 0 aliphatic carbocycles. The van der Waals surface area contributed by atoms with E-state index in [2.05, 4.69) is 5.32 Å². The average molecular weight is 660 g/mol. The fourth-order valence-electron chi connectivity index (χ4n) is 5.10. The second-order valence-corrected chi connectivity index (χ2v) is 14.0. The Hall–Kier alpha value is -4.14. The third-order valence-electron chi connectivity index (χ3n) is 8.14. The Morgan fingerprint density at radius 1 is 0.804 bits per heavy atom. The number of aryl methyl sites for hydroxylation is 2. The van der Waals surface area contributed by atoms with E-state index in [1.165, 1.54) is 17.0 Å². The Morgan fingerprint density at radius 3 is 2.02 bits per heavy atom. The van der Waals surface area contributed by atoms with Crippen molar-refractivity contribution in [2.75, 3.05) is 10.8 Å². The van der Waals surface area contributed by atoms with Gasteiger partial charge in [-0.3, -0.25) is 13.9 Å². The molecule has 4 aromatic rings. The van der Waals surface area contributed by atoms with Crippen molar-refractivity contribution in [3.63, 3.8) is 0 Å². The molecule has 4 rings (SSSR count). The van der Waals surface area contributed by atoms with Gasteiger partial charge < -0.3 is 10.2 Å². The van der Waals surface area contributed by atoms with Crippen LogP contribution in [0.4, 0.5) is 5.69 Å². The summed E-state index contributed by atoms with van der Waals surface area (Å²) in [6.07, 6.45) is 0.966. The number of rotatable bonds is 13. The number of nitrogens with zero attached hydrogens (tertiary/aromatic N) is 2. The van der Waals surface area contributed by atoms with E-state index in [1.54, 1.807) is 37.3 Å². The summed E-state index contributed by atoms with van der Waals surface area (Å²) in [5, 5.41) is 3.44. The minimum atomic E-state index is -4.22.